The minimum atomic E-state index is -1.09. The van der Waals surface area contributed by atoms with Crippen LogP contribution in [0.25, 0.3) is 0 Å². The van der Waals surface area contributed by atoms with E-state index in [4.69, 9.17) is 5.73 Å². The van der Waals surface area contributed by atoms with E-state index >= 15 is 0 Å². The molecular formula is C20H17F3N2O2. The Morgan fingerprint density at radius 2 is 1.41 bits per heavy atom. The minimum Gasteiger partial charge on any atom is -0.369 e. The van der Waals surface area contributed by atoms with Gasteiger partial charge < -0.3 is 11.1 Å². The molecule has 0 aromatic heterocycles. The summed E-state index contributed by atoms with van der Waals surface area (Å²) < 4.78 is 40.0. The summed E-state index contributed by atoms with van der Waals surface area (Å²) in [6.45, 7) is 0. The normalized spacial score (nSPS) is 19.6. The van der Waals surface area contributed by atoms with Gasteiger partial charge in [0.05, 0.1) is 10.8 Å². The number of fused-ring (bicyclic) bond motifs is 2. The topological polar surface area (TPSA) is 72.2 Å². The largest absolute Gasteiger partial charge is 0.369 e. The molecule has 2 fully saturated rings. The molecule has 2 aromatic carbocycles. The summed E-state index contributed by atoms with van der Waals surface area (Å²) in [7, 11) is 0. The number of anilines is 1. The first kappa shape index (κ1) is 17.6. The molecule has 0 unspecified atom stereocenters. The van der Waals surface area contributed by atoms with Crippen LogP contribution in [0.2, 0.25) is 0 Å². The fraction of sp³-hybridized carbons (Fsp3) is 0.300. The number of nitrogens with two attached hydrogens (primary N) is 1. The van der Waals surface area contributed by atoms with Gasteiger partial charge in [-0.1, -0.05) is 12.1 Å². The van der Waals surface area contributed by atoms with E-state index in [1.54, 1.807) is 12.1 Å². The first-order valence-electron chi connectivity index (χ1n) is 8.67. The van der Waals surface area contributed by atoms with Crippen LogP contribution in [0, 0.1) is 17.5 Å². The van der Waals surface area contributed by atoms with Crippen molar-refractivity contribution >= 4 is 17.5 Å². The summed E-state index contributed by atoms with van der Waals surface area (Å²) in [4.78, 5) is 22.6. The third kappa shape index (κ3) is 2.60. The fourth-order valence-corrected chi connectivity index (χ4v) is 3.77. The predicted molar refractivity (Wildman–Crippen MR) is 92.4 cm³/mol. The number of halogens is 3. The molecule has 27 heavy (non-hydrogen) atoms. The second kappa shape index (κ2) is 5.84. The second-order valence-electron chi connectivity index (χ2n) is 7.24. The first-order valence-corrected chi connectivity index (χ1v) is 8.67. The summed E-state index contributed by atoms with van der Waals surface area (Å²) in [5.41, 5.74) is 4.61. The van der Waals surface area contributed by atoms with Crippen molar-refractivity contribution in [1.82, 2.24) is 0 Å². The molecule has 5 rings (SSSR count). The number of carbonyl (C=O) groups is 2. The van der Waals surface area contributed by atoms with E-state index in [0.717, 1.165) is 25.0 Å². The van der Waals surface area contributed by atoms with Crippen LogP contribution in [-0.4, -0.2) is 11.8 Å². The summed E-state index contributed by atoms with van der Waals surface area (Å²) in [6, 6.07) is 8.34. The second-order valence-corrected chi connectivity index (χ2v) is 7.24. The highest BCUT2D eigenvalue weighted by atomic mass is 19.1. The highest BCUT2D eigenvalue weighted by Crippen LogP contribution is 2.55. The van der Waals surface area contributed by atoms with Gasteiger partial charge >= 0.3 is 0 Å². The Hall–Kier alpha value is -2.83. The van der Waals surface area contributed by atoms with Crippen LogP contribution in [-0.2, 0) is 20.4 Å². The average molecular weight is 374 g/mol. The van der Waals surface area contributed by atoms with E-state index < -0.39 is 28.4 Å². The number of benzene rings is 2. The van der Waals surface area contributed by atoms with E-state index in [1.165, 1.54) is 12.1 Å². The van der Waals surface area contributed by atoms with Crippen LogP contribution in [0.3, 0.4) is 0 Å². The predicted octanol–water partition coefficient (Wildman–Crippen LogP) is 3.29. The molecule has 3 N–H and O–H groups in total. The van der Waals surface area contributed by atoms with Crippen molar-refractivity contribution < 1.29 is 22.8 Å². The molecular weight excluding hydrogens is 357 g/mol. The molecule has 7 heteroatoms. The molecule has 4 nitrogen and oxygen atoms in total. The highest BCUT2D eigenvalue weighted by molar-refractivity contribution is 6.08. The van der Waals surface area contributed by atoms with Gasteiger partial charge in [-0.15, -0.1) is 0 Å². The first-order chi connectivity index (χ1) is 12.8. The Balaban J connectivity index is 0.000000134. The van der Waals surface area contributed by atoms with Crippen LogP contribution in [0.4, 0.5) is 18.9 Å². The number of hydrogen-bond acceptors (Lipinski definition) is 2. The lowest BCUT2D eigenvalue weighted by Gasteiger charge is -2.12. The average Bonchev–Trinajstić information content (AvgIpc) is 3.49. The Morgan fingerprint density at radius 3 is 1.89 bits per heavy atom. The Bertz CT molecular complexity index is 945. The molecule has 0 bridgehead atoms. The summed E-state index contributed by atoms with van der Waals surface area (Å²) in [5, 5.41) is 2.71. The van der Waals surface area contributed by atoms with Crippen molar-refractivity contribution in [3.63, 3.8) is 0 Å². The minimum absolute atomic E-state index is 0.0346. The molecule has 3 aliphatic rings. The fourth-order valence-electron chi connectivity index (χ4n) is 3.77. The van der Waals surface area contributed by atoms with Gasteiger partial charge in [-0.2, -0.15) is 0 Å². The van der Waals surface area contributed by atoms with Crippen molar-refractivity contribution in [2.45, 2.75) is 36.5 Å². The number of hydrogen-bond donors (Lipinski definition) is 2. The number of primary amides is 1. The molecule has 0 atom stereocenters. The maximum absolute atomic E-state index is 13.4. The molecule has 2 amide bonds. The van der Waals surface area contributed by atoms with Crippen LogP contribution in [0.1, 0.15) is 36.8 Å². The molecule has 1 heterocycles. The monoisotopic (exact) mass is 374 g/mol. The third-order valence-corrected chi connectivity index (χ3v) is 5.59. The van der Waals surface area contributed by atoms with Crippen LogP contribution >= 0.6 is 0 Å². The Kier molecular flexibility index (Phi) is 3.80. The Morgan fingerprint density at radius 1 is 0.889 bits per heavy atom. The maximum Gasteiger partial charge on any atom is 0.235 e. The van der Waals surface area contributed by atoms with Crippen LogP contribution in [0.15, 0.2) is 36.4 Å². The van der Waals surface area contributed by atoms with Gasteiger partial charge in [0.2, 0.25) is 11.8 Å². The summed E-state index contributed by atoms with van der Waals surface area (Å²) in [5.74, 6) is -2.33. The lowest BCUT2D eigenvalue weighted by molar-refractivity contribution is -0.120. The molecule has 2 aliphatic carbocycles. The quantitative estimate of drug-likeness (QED) is 0.847. The van der Waals surface area contributed by atoms with Gasteiger partial charge in [0, 0.05) is 16.8 Å². The van der Waals surface area contributed by atoms with Crippen LogP contribution < -0.4 is 11.1 Å². The van der Waals surface area contributed by atoms with Crippen molar-refractivity contribution in [3.8, 4) is 0 Å². The van der Waals surface area contributed by atoms with E-state index in [-0.39, 0.29) is 17.3 Å². The SMILES string of the molecule is NC(=O)C1(c2c(F)cccc2F)CC1.O=C1Nc2cccc(F)c2C12CC2. The smallest absolute Gasteiger partial charge is 0.235 e. The molecule has 2 aromatic rings. The van der Waals surface area contributed by atoms with E-state index in [9.17, 15) is 22.8 Å². The molecule has 140 valence electrons. The molecule has 0 saturated heterocycles. The van der Waals surface area contributed by atoms with Crippen molar-refractivity contribution in [2.24, 2.45) is 5.73 Å². The zero-order valence-electron chi connectivity index (χ0n) is 14.3. The van der Waals surface area contributed by atoms with Crippen LogP contribution in [0.5, 0.6) is 0 Å². The third-order valence-electron chi connectivity index (χ3n) is 5.59. The highest BCUT2D eigenvalue weighted by Gasteiger charge is 2.57. The number of carbonyl (C=O) groups excluding carboxylic acids is 2. The van der Waals surface area contributed by atoms with E-state index in [1.807, 2.05) is 0 Å². The zero-order chi connectivity index (χ0) is 19.4. The van der Waals surface area contributed by atoms with Gasteiger partial charge in [-0.25, -0.2) is 13.2 Å². The standard InChI is InChI=1S/C10H9F2NO.C10H8FNO/c11-6-2-1-3-7(12)8(6)10(4-5-10)9(13)14;11-6-2-1-3-7-8(6)10(4-5-10)9(13)12-7/h1-3H,4-5H2,(H2,13,14);1-3H,4-5H2,(H,12,13). The van der Waals surface area contributed by atoms with Gasteiger partial charge in [0.1, 0.15) is 17.5 Å². The molecule has 1 aliphatic heterocycles. The van der Waals surface area contributed by atoms with Gasteiger partial charge in [-0.05, 0) is 49.9 Å². The number of nitrogens with one attached hydrogen (secondary N) is 1. The maximum atomic E-state index is 13.4. The van der Waals surface area contributed by atoms with Gasteiger partial charge in [0.15, 0.2) is 0 Å². The van der Waals surface area contributed by atoms with Crippen molar-refractivity contribution in [2.75, 3.05) is 5.32 Å². The number of rotatable bonds is 2. The zero-order valence-corrected chi connectivity index (χ0v) is 14.3. The Labute approximate surface area is 153 Å². The van der Waals surface area contributed by atoms with E-state index in [0.29, 0.717) is 24.1 Å². The summed E-state index contributed by atoms with van der Waals surface area (Å²) in [6.07, 6.45) is 2.43. The van der Waals surface area contributed by atoms with E-state index in [2.05, 4.69) is 5.32 Å². The van der Waals surface area contributed by atoms with Gasteiger partial charge in [0.25, 0.3) is 0 Å². The lowest BCUT2D eigenvalue weighted by atomic mass is 9.94. The molecule has 0 radical (unpaired) electrons. The van der Waals surface area contributed by atoms with Crippen molar-refractivity contribution in [1.29, 1.82) is 0 Å². The van der Waals surface area contributed by atoms with Gasteiger partial charge in [-0.3, -0.25) is 9.59 Å². The lowest BCUT2D eigenvalue weighted by Crippen LogP contribution is -2.30. The van der Waals surface area contributed by atoms with Crippen molar-refractivity contribution in [3.05, 3.63) is 65.0 Å². The summed E-state index contributed by atoms with van der Waals surface area (Å²) >= 11 is 0. The number of amides is 2. The molecule has 1 spiro atoms. The molecule has 2 saturated carbocycles.